The van der Waals surface area contributed by atoms with Gasteiger partial charge in [0.1, 0.15) is 0 Å². The molecule has 0 aliphatic heterocycles. The molecule has 0 aliphatic carbocycles. The summed E-state index contributed by atoms with van der Waals surface area (Å²) < 4.78 is 26.3. The van der Waals surface area contributed by atoms with Crippen LogP contribution < -0.4 is 0 Å². The van der Waals surface area contributed by atoms with Crippen LogP contribution in [0, 0.1) is 6.92 Å². The minimum Gasteiger partial charge on any atom is -0.392 e. The molecule has 0 saturated carbocycles. The largest absolute Gasteiger partial charge is 0.500 e. The Balaban J connectivity index is 0.000000547. The van der Waals surface area contributed by atoms with Crippen LogP contribution in [-0.4, -0.2) is 52.9 Å². The number of rotatable bonds is 10. The van der Waals surface area contributed by atoms with Gasteiger partial charge in [0.05, 0.1) is 0 Å². The zero-order valence-electron chi connectivity index (χ0n) is 16.3. The van der Waals surface area contributed by atoms with Crippen LogP contribution in [0.3, 0.4) is 0 Å². The van der Waals surface area contributed by atoms with E-state index >= 15 is 0 Å². The smallest absolute Gasteiger partial charge is 0.392 e. The highest BCUT2D eigenvalue weighted by molar-refractivity contribution is 6.77. The summed E-state index contributed by atoms with van der Waals surface area (Å²) >= 11 is 0. The van der Waals surface area contributed by atoms with E-state index < -0.39 is 17.4 Å². The molecule has 0 amide bonds. The highest BCUT2D eigenvalue weighted by atomic mass is 28.4. The molecule has 0 aliphatic rings. The second kappa shape index (κ2) is 12.3. The standard InChI is InChI=1S/C12H20O3Si.C6H12O2Si/c1-11-7-5-6-8-12(11)9-10-16(13-2,14-3)15-4;1-5-9(6-2,7-3)8-4/h5-8H,9-10H2,1-4H3;5-6H,1-2H2,3-4H3. The van der Waals surface area contributed by atoms with E-state index in [2.05, 4.69) is 38.3 Å². The third kappa shape index (κ3) is 7.37. The third-order valence-corrected chi connectivity index (χ3v) is 9.24. The predicted molar refractivity (Wildman–Crippen MR) is 107 cm³/mol. The summed E-state index contributed by atoms with van der Waals surface area (Å²) in [6.45, 7) is 9.29. The topological polar surface area (TPSA) is 46.2 Å². The van der Waals surface area contributed by atoms with Crippen LogP contribution in [-0.2, 0) is 28.6 Å². The lowest BCUT2D eigenvalue weighted by molar-refractivity contribution is 0.123. The molecule has 1 rings (SSSR count). The highest BCUT2D eigenvalue weighted by Gasteiger charge is 2.37. The molecule has 0 bridgehead atoms. The molecule has 7 heteroatoms. The molecule has 0 unspecified atom stereocenters. The summed E-state index contributed by atoms with van der Waals surface area (Å²) in [5, 5.41) is 0. The molecule has 25 heavy (non-hydrogen) atoms. The van der Waals surface area contributed by atoms with Crippen molar-refractivity contribution < 1.29 is 22.1 Å². The highest BCUT2D eigenvalue weighted by Crippen LogP contribution is 2.18. The molecule has 0 radical (unpaired) electrons. The maximum atomic E-state index is 5.39. The van der Waals surface area contributed by atoms with E-state index in [-0.39, 0.29) is 0 Å². The van der Waals surface area contributed by atoms with E-state index in [0.717, 1.165) is 12.5 Å². The second-order valence-electron chi connectivity index (χ2n) is 5.26. The zero-order valence-corrected chi connectivity index (χ0v) is 18.3. The van der Waals surface area contributed by atoms with E-state index in [0.29, 0.717) is 0 Å². The van der Waals surface area contributed by atoms with Gasteiger partial charge >= 0.3 is 17.4 Å². The fourth-order valence-electron chi connectivity index (χ4n) is 2.23. The van der Waals surface area contributed by atoms with Crippen LogP contribution in [0.1, 0.15) is 11.1 Å². The van der Waals surface area contributed by atoms with Crippen molar-refractivity contribution >= 4 is 17.4 Å². The molecular weight excluding hydrogens is 352 g/mol. The second-order valence-corrected chi connectivity index (χ2v) is 11.4. The first-order valence-corrected chi connectivity index (χ1v) is 11.9. The molecule has 0 heterocycles. The Hall–Kier alpha value is -1.07. The minimum absolute atomic E-state index is 0.807. The summed E-state index contributed by atoms with van der Waals surface area (Å²) in [4.78, 5) is 0. The van der Waals surface area contributed by atoms with Crippen molar-refractivity contribution in [3.63, 3.8) is 0 Å². The fourth-order valence-corrected chi connectivity index (χ4v) is 4.92. The van der Waals surface area contributed by atoms with Gasteiger partial charge in [-0.15, -0.1) is 13.2 Å². The van der Waals surface area contributed by atoms with Crippen LogP contribution in [0.4, 0.5) is 0 Å². The van der Waals surface area contributed by atoms with Crippen molar-refractivity contribution in [2.75, 3.05) is 35.5 Å². The Morgan fingerprint density at radius 2 is 1.32 bits per heavy atom. The number of aryl methyl sites for hydroxylation is 2. The quantitative estimate of drug-likeness (QED) is 0.577. The Morgan fingerprint density at radius 3 is 1.64 bits per heavy atom. The van der Waals surface area contributed by atoms with Crippen molar-refractivity contribution in [1.29, 1.82) is 0 Å². The molecule has 5 nitrogen and oxygen atoms in total. The Labute approximate surface area is 154 Å². The fraction of sp³-hybridized carbons (Fsp3) is 0.444. The molecule has 1 aromatic carbocycles. The monoisotopic (exact) mass is 384 g/mol. The van der Waals surface area contributed by atoms with Gasteiger partial charge in [0.25, 0.3) is 0 Å². The van der Waals surface area contributed by atoms with E-state index in [9.17, 15) is 0 Å². The van der Waals surface area contributed by atoms with Gasteiger partial charge < -0.3 is 22.1 Å². The Bertz CT molecular complexity index is 496. The average molecular weight is 385 g/mol. The molecule has 0 aromatic heterocycles. The van der Waals surface area contributed by atoms with Gasteiger partial charge in [0.15, 0.2) is 0 Å². The van der Waals surface area contributed by atoms with Crippen molar-refractivity contribution in [1.82, 2.24) is 0 Å². The SMILES string of the molecule is C=C[Si](C=C)(OC)OC.CO[Si](CCc1ccccc1C)(OC)OC. The van der Waals surface area contributed by atoms with Crippen molar-refractivity contribution in [2.45, 2.75) is 19.4 Å². The van der Waals surface area contributed by atoms with Crippen LogP contribution in [0.5, 0.6) is 0 Å². The lowest BCUT2D eigenvalue weighted by Gasteiger charge is -2.24. The number of hydrogen-bond donors (Lipinski definition) is 0. The third-order valence-electron chi connectivity index (χ3n) is 4.10. The predicted octanol–water partition coefficient (Wildman–Crippen LogP) is 3.59. The lowest BCUT2D eigenvalue weighted by Crippen LogP contribution is -2.43. The van der Waals surface area contributed by atoms with Crippen LogP contribution >= 0.6 is 0 Å². The van der Waals surface area contributed by atoms with Gasteiger partial charge in [0, 0.05) is 41.6 Å². The summed E-state index contributed by atoms with van der Waals surface area (Å²) in [5.74, 6) is 0. The number of benzene rings is 1. The average Bonchev–Trinajstić information content (AvgIpc) is 2.67. The van der Waals surface area contributed by atoms with Gasteiger partial charge in [0.2, 0.25) is 0 Å². The lowest BCUT2D eigenvalue weighted by atomic mass is 10.1. The molecule has 1 aromatic rings. The van der Waals surface area contributed by atoms with Crippen molar-refractivity contribution in [2.24, 2.45) is 0 Å². The minimum atomic E-state index is -2.42. The van der Waals surface area contributed by atoms with Gasteiger partial charge in [-0.05, 0) is 35.9 Å². The van der Waals surface area contributed by atoms with E-state index in [4.69, 9.17) is 22.1 Å². The summed E-state index contributed by atoms with van der Waals surface area (Å²) in [6, 6.07) is 9.16. The Morgan fingerprint density at radius 1 is 0.840 bits per heavy atom. The van der Waals surface area contributed by atoms with Gasteiger partial charge in [-0.25, -0.2) is 0 Å². The first kappa shape index (κ1) is 23.9. The van der Waals surface area contributed by atoms with Crippen LogP contribution in [0.25, 0.3) is 0 Å². The maximum absolute atomic E-state index is 5.39. The van der Waals surface area contributed by atoms with E-state index in [1.54, 1.807) is 46.9 Å². The molecule has 0 N–H and O–H groups in total. The molecular formula is C18H32O5Si2. The van der Waals surface area contributed by atoms with Gasteiger partial charge in [-0.1, -0.05) is 24.3 Å². The van der Waals surface area contributed by atoms with Gasteiger partial charge in [-0.2, -0.15) is 0 Å². The molecule has 0 spiro atoms. The van der Waals surface area contributed by atoms with Crippen molar-refractivity contribution in [3.05, 3.63) is 59.9 Å². The summed E-state index contributed by atoms with van der Waals surface area (Å²) in [5.41, 5.74) is 5.99. The molecule has 0 saturated heterocycles. The van der Waals surface area contributed by atoms with Gasteiger partial charge in [-0.3, -0.25) is 0 Å². The van der Waals surface area contributed by atoms with E-state index in [1.165, 1.54) is 11.1 Å². The normalized spacial score (nSPS) is 11.4. The van der Waals surface area contributed by atoms with Crippen LogP contribution in [0.2, 0.25) is 6.04 Å². The first-order chi connectivity index (χ1) is 11.9. The molecule has 142 valence electrons. The van der Waals surface area contributed by atoms with Crippen LogP contribution in [0.15, 0.2) is 48.8 Å². The summed E-state index contributed by atoms with van der Waals surface area (Å²) in [7, 11) is 3.56. The Kier molecular flexibility index (Phi) is 11.8. The zero-order chi connectivity index (χ0) is 19.3. The van der Waals surface area contributed by atoms with Crippen molar-refractivity contribution in [3.8, 4) is 0 Å². The number of hydrogen-bond acceptors (Lipinski definition) is 5. The maximum Gasteiger partial charge on any atom is 0.500 e. The summed E-state index contributed by atoms with van der Waals surface area (Å²) in [6.07, 6.45) is 0.925. The van der Waals surface area contributed by atoms with E-state index in [1.807, 2.05) is 6.07 Å². The molecule has 0 atom stereocenters. The first-order valence-electron chi connectivity index (χ1n) is 7.99. The molecule has 0 fully saturated rings.